The molecule has 2 heteroatoms. The quantitative estimate of drug-likeness (QED) is 0.800. The van der Waals surface area contributed by atoms with E-state index in [2.05, 4.69) is 73.9 Å². The largest absolute Gasteiger partial charge is 0.343 e. The van der Waals surface area contributed by atoms with Crippen LogP contribution in [0.3, 0.4) is 0 Å². The first-order valence-corrected chi connectivity index (χ1v) is 7.41. The molecule has 3 rings (SSSR count). The van der Waals surface area contributed by atoms with Gasteiger partial charge in [0.2, 0.25) is 0 Å². The third-order valence-electron chi connectivity index (χ3n) is 3.97. The second-order valence-corrected chi connectivity index (χ2v) is 5.27. The second kappa shape index (κ2) is 5.57. The molecule has 0 aliphatic carbocycles. The lowest BCUT2D eigenvalue weighted by molar-refractivity contribution is 0.799. The molecule has 0 N–H and O–H groups in total. The molecule has 0 saturated heterocycles. The number of anilines is 1. The van der Waals surface area contributed by atoms with Crippen molar-refractivity contribution >= 4 is 11.4 Å². The van der Waals surface area contributed by atoms with Gasteiger partial charge in [-0.15, -0.1) is 0 Å². The van der Waals surface area contributed by atoms with Gasteiger partial charge in [-0.25, -0.2) is 0 Å². The molecule has 0 bridgehead atoms. The number of benzene rings is 2. The van der Waals surface area contributed by atoms with E-state index in [1.165, 1.54) is 11.3 Å². The molecular weight excluding hydrogens is 256 g/mol. The van der Waals surface area contributed by atoms with Crippen molar-refractivity contribution in [1.82, 2.24) is 0 Å². The molecule has 106 valence electrons. The lowest BCUT2D eigenvalue weighted by Crippen LogP contribution is -2.26. The molecule has 0 radical (unpaired) electrons. The highest BCUT2D eigenvalue weighted by molar-refractivity contribution is 6.16. The Bertz CT molecular complexity index is 686. The Morgan fingerprint density at radius 2 is 1.71 bits per heavy atom. The topological polar surface area (TPSA) is 15.6 Å². The van der Waals surface area contributed by atoms with Crippen molar-refractivity contribution in [2.24, 2.45) is 4.99 Å². The van der Waals surface area contributed by atoms with E-state index in [9.17, 15) is 0 Å². The summed E-state index contributed by atoms with van der Waals surface area (Å²) < 4.78 is 0. The number of para-hydroxylation sites is 1. The van der Waals surface area contributed by atoms with Crippen LogP contribution >= 0.6 is 0 Å². The molecule has 2 nitrogen and oxygen atoms in total. The van der Waals surface area contributed by atoms with Crippen molar-refractivity contribution < 1.29 is 0 Å². The van der Waals surface area contributed by atoms with E-state index < -0.39 is 0 Å². The summed E-state index contributed by atoms with van der Waals surface area (Å²) in [6, 6.07) is 18.9. The molecule has 21 heavy (non-hydrogen) atoms. The van der Waals surface area contributed by atoms with E-state index in [-0.39, 0.29) is 6.04 Å². The number of aliphatic imine (C=N–C) groups is 1. The first-order valence-electron chi connectivity index (χ1n) is 7.41. The first-order chi connectivity index (χ1) is 10.2. The maximum atomic E-state index is 4.94. The number of likely N-dealkylation sites (N-methyl/N-ethyl adjacent to an activating group) is 1. The molecule has 0 fully saturated rings. The van der Waals surface area contributed by atoms with Crippen molar-refractivity contribution in [3.05, 3.63) is 78.0 Å². The number of hydrogen-bond acceptors (Lipinski definition) is 2. The van der Waals surface area contributed by atoms with Gasteiger partial charge < -0.3 is 4.90 Å². The molecule has 0 amide bonds. The smallest absolute Gasteiger partial charge is 0.0873 e. The third kappa shape index (κ3) is 2.38. The minimum atomic E-state index is 0.0764. The van der Waals surface area contributed by atoms with Crippen molar-refractivity contribution in [2.45, 2.75) is 19.9 Å². The van der Waals surface area contributed by atoms with E-state index >= 15 is 0 Å². The Hall–Kier alpha value is -2.35. The molecule has 1 atom stereocenters. The van der Waals surface area contributed by atoms with Crippen LogP contribution in [0.4, 0.5) is 5.69 Å². The van der Waals surface area contributed by atoms with Crippen molar-refractivity contribution in [2.75, 3.05) is 11.4 Å². The summed E-state index contributed by atoms with van der Waals surface area (Å²) in [5, 5.41) is 0. The fourth-order valence-corrected chi connectivity index (χ4v) is 2.83. The average Bonchev–Trinajstić information content (AvgIpc) is 2.64. The summed E-state index contributed by atoms with van der Waals surface area (Å²) >= 11 is 0. The van der Waals surface area contributed by atoms with Crippen molar-refractivity contribution in [3.63, 3.8) is 0 Å². The van der Waals surface area contributed by atoms with E-state index in [1.54, 1.807) is 0 Å². The zero-order valence-corrected chi connectivity index (χ0v) is 12.6. The number of nitrogens with zero attached hydrogens (tertiary/aromatic N) is 2. The lowest BCUT2D eigenvalue weighted by Gasteiger charge is -2.26. The highest BCUT2D eigenvalue weighted by atomic mass is 15.2. The van der Waals surface area contributed by atoms with E-state index in [4.69, 9.17) is 4.99 Å². The van der Waals surface area contributed by atoms with Crippen LogP contribution in [-0.2, 0) is 0 Å². The average molecular weight is 276 g/mol. The zero-order chi connectivity index (χ0) is 14.8. The van der Waals surface area contributed by atoms with Crippen LogP contribution < -0.4 is 4.90 Å². The first kappa shape index (κ1) is 13.6. The normalized spacial score (nSPS) is 18.0. The molecule has 0 unspecified atom stereocenters. The van der Waals surface area contributed by atoms with Crippen molar-refractivity contribution in [3.8, 4) is 0 Å². The van der Waals surface area contributed by atoms with E-state index in [1.807, 2.05) is 6.07 Å². The Labute approximate surface area is 126 Å². The SMILES string of the molecule is C=C1[C@@H](C)N=C(c2ccccc2)c2ccccc2N1CC. The van der Waals surface area contributed by atoms with Gasteiger partial charge in [-0.05, 0) is 19.9 Å². The van der Waals surface area contributed by atoms with Gasteiger partial charge in [0, 0.05) is 23.4 Å². The van der Waals surface area contributed by atoms with Gasteiger partial charge in [-0.3, -0.25) is 4.99 Å². The lowest BCUT2D eigenvalue weighted by atomic mass is 10.0. The monoisotopic (exact) mass is 276 g/mol. The predicted octanol–water partition coefficient (Wildman–Crippen LogP) is 4.27. The Balaban J connectivity index is 2.24. The zero-order valence-electron chi connectivity index (χ0n) is 12.6. The van der Waals surface area contributed by atoms with Crippen LogP contribution in [0.5, 0.6) is 0 Å². The molecule has 1 aliphatic heterocycles. The second-order valence-electron chi connectivity index (χ2n) is 5.27. The minimum absolute atomic E-state index is 0.0764. The molecule has 0 aromatic heterocycles. The Morgan fingerprint density at radius 3 is 2.43 bits per heavy atom. The highest BCUT2D eigenvalue weighted by Gasteiger charge is 2.24. The standard InChI is InChI=1S/C19H20N2/c1-4-21-15(3)14(2)20-19(16-10-6-5-7-11-16)17-12-8-9-13-18(17)21/h5-14H,3-4H2,1-2H3/t14-/m1/s1. The van der Waals surface area contributed by atoms with Crippen LogP contribution in [0.25, 0.3) is 0 Å². The number of benzodiazepines with no additional fused rings is 1. The fraction of sp³-hybridized carbons (Fsp3) is 0.211. The van der Waals surface area contributed by atoms with Crippen LogP contribution in [-0.4, -0.2) is 18.3 Å². The van der Waals surface area contributed by atoms with Gasteiger partial charge in [-0.2, -0.15) is 0 Å². The summed E-state index contributed by atoms with van der Waals surface area (Å²) in [6.07, 6.45) is 0. The van der Waals surface area contributed by atoms with Crippen LogP contribution in [0.2, 0.25) is 0 Å². The summed E-state index contributed by atoms with van der Waals surface area (Å²) in [5.41, 5.74) is 5.63. The maximum absolute atomic E-state index is 4.94. The number of hydrogen-bond donors (Lipinski definition) is 0. The molecule has 1 aliphatic rings. The molecular formula is C19H20N2. The molecule has 2 aromatic rings. The fourth-order valence-electron chi connectivity index (χ4n) is 2.83. The maximum Gasteiger partial charge on any atom is 0.0873 e. The van der Waals surface area contributed by atoms with Gasteiger partial charge in [0.25, 0.3) is 0 Å². The van der Waals surface area contributed by atoms with E-state index in [0.29, 0.717) is 0 Å². The van der Waals surface area contributed by atoms with Gasteiger partial charge in [-0.1, -0.05) is 55.1 Å². The summed E-state index contributed by atoms with van der Waals surface area (Å²) in [4.78, 5) is 7.21. The van der Waals surface area contributed by atoms with Crippen molar-refractivity contribution in [1.29, 1.82) is 0 Å². The molecule has 0 saturated carbocycles. The van der Waals surface area contributed by atoms with Crippen LogP contribution in [0.15, 0.2) is 71.9 Å². The Morgan fingerprint density at radius 1 is 1.05 bits per heavy atom. The number of fused-ring (bicyclic) bond motifs is 1. The number of rotatable bonds is 2. The van der Waals surface area contributed by atoms with Gasteiger partial charge in [0.1, 0.15) is 0 Å². The van der Waals surface area contributed by atoms with E-state index in [0.717, 1.165) is 23.5 Å². The highest BCUT2D eigenvalue weighted by Crippen LogP contribution is 2.31. The van der Waals surface area contributed by atoms with Crippen LogP contribution in [0, 0.1) is 0 Å². The summed E-state index contributed by atoms with van der Waals surface area (Å²) in [5.74, 6) is 0. The van der Waals surface area contributed by atoms with Gasteiger partial charge in [0.15, 0.2) is 0 Å². The third-order valence-corrected chi connectivity index (χ3v) is 3.97. The van der Waals surface area contributed by atoms with Crippen LogP contribution in [0.1, 0.15) is 25.0 Å². The molecule has 2 aromatic carbocycles. The van der Waals surface area contributed by atoms with Gasteiger partial charge >= 0.3 is 0 Å². The molecule has 0 spiro atoms. The molecule has 1 heterocycles. The minimum Gasteiger partial charge on any atom is -0.343 e. The van der Waals surface area contributed by atoms with Gasteiger partial charge in [0.05, 0.1) is 17.4 Å². The summed E-state index contributed by atoms with van der Waals surface area (Å²) in [6.45, 7) is 9.42. The Kier molecular flexibility index (Phi) is 3.61. The predicted molar refractivity (Wildman–Crippen MR) is 90.1 cm³/mol. The summed E-state index contributed by atoms with van der Waals surface area (Å²) in [7, 11) is 0.